The van der Waals surface area contributed by atoms with Gasteiger partial charge in [0.2, 0.25) is 0 Å². The van der Waals surface area contributed by atoms with Crippen molar-refractivity contribution >= 4 is 21.8 Å². The van der Waals surface area contributed by atoms with E-state index in [2.05, 4.69) is 21.2 Å². The molecule has 94 valence electrons. The Labute approximate surface area is 109 Å². The lowest BCUT2D eigenvalue weighted by Gasteiger charge is -2.13. The van der Waals surface area contributed by atoms with Gasteiger partial charge in [0, 0.05) is 25.3 Å². The largest absolute Gasteiger partial charge is 0.507 e. The van der Waals surface area contributed by atoms with Crippen molar-refractivity contribution in [3.05, 3.63) is 28.2 Å². The number of carbonyl (C=O) groups is 1. The third kappa shape index (κ3) is 4.36. The van der Waals surface area contributed by atoms with Crippen LogP contribution >= 0.6 is 15.9 Å². The summed E-state index contributed by atoms with van der Waals surface area (Å²) in [7, 11) is 1.63. The van der Waals surface area contributed by atoms with Crippen LogP contribution in [0.2, 0.25) is 0 Å². The fourth-order valence-electron chi connectivity index (χ4n) is 1.33. The minimum absolute atomic E-state index is 0.0354. The molecule has 2 N–H and O–H groups in total. The highest BCUT2D eigenvalue weighted by atomic mass is 79.9. The number of phenols is 1. The molecule has 1 aromatic rings. The van der Waals surface area contributed by atoms with E-state index in [9.17, 15) is 9.90 Å². The van der Waals surface area contributed by atoms with Gasteiger partial charge in [-0.3, -0.25) is 4.79 Å². The highest BCUT2D eigenvalue weighted by Gasteiger charge is 2.11. The van der Waals surface area contributed by atoms with Crippen LogP contribution in [0.15, 0.2) is 22.7 Å². The third-order valence-electron chi connectivity index (χ3n) is 2.34. The van der Waals surface area contributed by atoms with Crippen molar-refractivity contribution in [3.63, 3.8) is 0 Å². The number of rotatable bonds is 5. The molecular weight excluding hydrogens is 286 g/mol. The predicted molar refractivity (Wildman–Crippen MR) is 69.2 cm³/mol. The van der Waals surface area contributed by atoms with E-state index in [4.69, 9.17) is 4.74 Å². The van der Waals surface area contributed by atoms with Gasteiger partial charge in [0.25, 0.3) is 5.91 Å². The molecule has 0 radical (unpaired) electrons. The van der Waals surface area contributed by atoms with E-state index in [1.54, 1.807) is 19.2 Å². The van der Waals surface area contributed by atoms with Crippen molar-refractivity contribution < 1.29 is 14.6 Å². The van der Waals surface area contributed by atoms with E-state index in [1.807, 2.05) is 6.92 Å². The summed E-state index contributed by atoms with van der Waals surface area (Å²) in [6.45, 7) is 2.52. The molecule has 1 unspecified atom stereocenters. The van der Waals surface area contributed by atoms with Crippen LogP contribution in [0.3, 0.4) is 0 Å². The number of methoxy groups -OCH3 is 1. The summed E-state index contributed by atoms with van der Waals surface area (Å²) in [4.78, 5) is 11.8. The zero-order valence-electron chi connectivity index (χ0n) is 9.87. The molecule has 1 amide bonds. The second kappa shape index (κ2) is 6.61. The number of carbonyl (C=O) groups excluding carboxylic acids is 1. The van der Waals surface area contributed by atoms with Crippen molar-refractivity contribution in [3.8, 4) is 5.75 Å². The SMILES string of the molecule is COCCC(C)NC(=O)c1ccc(Br)c(O)c1. The highest BCUT2D eigenvalue weighted by molar-refractivity contribution is 9.10. The summed E-state index contributed by atoms with van der Waals surface area (Å²) in [5.41, 5.74) is 0.440. The second-order valence-corrected chi connectivity index (χ2v) is 4.68. The number of nitrogens with one attached hydrogen (secondary N) is 1. The second-order valence-electron chi connectivity index (χ2n) is 3.82. The molecule has 0 spiro atoms. The average Bonchev–Trinajstić information content (AvgIpc) is 2.30. The first-order valence-corrected chi connectivity index (χ1v) is 6.12. The number of halogens is 1. The lowest BCUT2D eigenvalue weighted by molar-refractivity contribution is 0.0929. The molecule has 0 heterocycles. The van der Waals surface area contributed by atoms with Crippen LogP contribution in [-0.4, -0.2) is 30.8 Å². The topological polar surface area (TPSA) is 58.6 Å². The number of hydrogen-bond donors (Lipinski definition) is 2. The van der Waals surface area contributed by atoms with Gasteiger partial charge < -0.3 is 15.2 Å². The Morgan fingerprint density at radius 1 is 1.59 bits per heavy atom. The maximum Gasteiger partial charge on any atom is 0.251 e. The highest BCUT2D eigenvalue weighted by Crippen LogP contribution is 2.24. The predicted octanol–water partition coefficient (Wildman–Crippen LogP) is 2.31. The van der Waals surface area contributed by atoms with Gasteiger partial charge >= 0.3 is 0 Å². The van der Waals surface area contributed by atoms with E-state index in [1.165, 1.54) is 6.07 Å². The average molecular weight is 302 g/mol. The van der Waals surface area contributed by atoms with Gasteiger partial charge in [-0.25, -0.2) is 0 Å². The Morgan fingerprint density at radius 2 is 2.29 bits per heavy atom. The van der Waals surface area contributed by atoms with E-state index >= 15 is 0 Å². The number of benzene rings is 1. The van der Waals surface area contributed by atoms with E-state index in [-0.39, 0.29) is 17.7 Å². The monoisotopic (exact) mass is 301 g/mol. The summed E-state index contributed by atoms with van der Waals surface area (Å²) in [5, 5.41) is 12.3. The van der Waals surface area contributed by atoms with Crippen molar-refractivity contribution in [2.75, 3.05) is 13.7 Å². The number of hydrogen-bond acceptors (Lipinski definition) is 3. The van der Waals surface area contributed by atoms with Gasteiger partial charge in [0.05, 0.1) is 4.47 Å². The molecule has 0 aliphatic rings. The fourth-order valence-corrected chi connectivity index (χ4v) is 1.57. The van der Waals surface area contributed by atoms with Gasteiger partial charge in [-0.1, -0.05) is 0 Å². The Bertz CT molecular complexity index is 395. The maximum absolute atomic E-state index is 11.8. The van der Waals surface area contributed by atoms with E-state index in [0.29, 0.717) is 16.6 Å². The maximum atomic E-state index is 11.8. The quantitative estimate of drug-likeness (QED) is 0.877. The van der Waals surface area contributed by atoms with Crippen LogP contribution in [0, 0.1) is 0 Å². The molecule has 0 aliphatic carbocycles. The van der Waals surface area contributed by atoms with Gasteiger partial charge in [-0.05, 0) is 47.5 Å². The lowest BCUT2D eigenvalue weighted by atomic mass is 10.1. The van der Waals surface area contributed by atoms with Gasteiger partial charge in [0.1, 0.15) is 5.75 Å². The first-order chi connectivity index (χ1) is 8.04. The molecule has 17 heavy (non-hydrogen) atoms. The minimum atomic E-state index is -0.198. The number of amides is 1. The van der Waals surface area contributed by atoms with Gasteiger partial charge in [0.15, 0.2) is 0 Å². The Morgan fingerprint density at radius 3 is 2.88 bits per heavy atom. The molecule has 0 fully saturated rings. The van der Waals surface area contributed by atoms with Crippen LogP contribution in [0.1, 0.15) is 23.7 Å². The van der Waals surface area contributed by atoms with E-state index < -0.39 is 0 Å². The molecular formula is C12H16BrNO3. The molecule has 4 nitrogen and oxygen atoms in total. The normalized spacial score (nSPS) is 12.2. The summed E-state index contributed by atoms with van der Waals surface area (Å²) in [5.74, 6) is -0.140. The van der Waals surface area contributed by atoms with Crippen LogP contribution < -0.4 is 5.32 Å². The van der Waals surface area contributed by atoms with Crippen molar-refractivity contribution in [1.82, 2.24) is 5.32 Å². The van der Waals surface area contributed by atoms with E-state index in [0.717, 1.165) is 6.42 Å². The fraction of sp³-hybridized carbons (Fsp3) is 0.417. The molecule has 1 rings (SSSR count). The summed E-state index contributed by atoms with van der Waals surface area (Å²) >= 11 is 3.17. The van der Waals surface area contributed by atoms with Crippen molar-refractivity contribution in [1.29, 1.82) is 0 Å². The Hall–Kier alpha value is -1.07. The summed E-state index contributed by atoms with van der Waals surface area (Å²) in [6, 6.07) is 4.77. The smallest absolute Gasteiger partial charge is 0.251 e. The minimum Gasteiger partial charge on any atom is -0.507 e. The standard InChI is InChI=1S/C12H16BrNO3/c1-8(5-6-17-2)14-12(16)9-3-4-10(13)11(15)7-9/h3-4,7-8,15H,5-6H2,1-2H3,(H,14,16). The first-order valence-electron chi connectivity index (χ1n) is 5.33. The molecule has 0 aromatic heterocycles. The molecule has 0 saturated heterocycles. The van der Waals surface area contributed by atoms with Crippen LogP contribution in [0.4, 0.5) is 0 Å². The lowest BCUT2D eigenvalue weighted by Crippen LogP contribution is -2.33. The van der Waals surface area contributed by atoms with Crippen LogP contribution in [-0.2, 0) is 4.74 Å². The summed E-state index contributed by atoms with van der Waals surface area (Å²) < 4.78 is 5.51. The summed E-state index contributed by atoms with van der Waals surface area (Å²) in [6.07, 6.45) is 0.755. The molecule has 0 aliphatic heterocycles. The zero-order chi connectivity index (χ0) is 12.8. The molecule has 0 saturated carbocycles. The Balaban J connectivity index is 2.60. The van der Waals surface area contributed by atoms with Gasteiger partial charge in [-0.15, -0.1) is 0 Å². The van der Waals surface area contributed by atoms with Crippen LogP contribution in [0.25, 0.3) is 0 Å². The van der Waals surface area contributed by atoms with Crippen molar-refractivity contribution in [2.45, 2.75) is 19.4 Å². The number of aromatic hydroxyl groups is 1. The molecule has 5 heteroatoms. The number of ether oxygens (including phenoxy) is 1. The van der Waals surface area contributed by atoms with Crippen molar-refractivity contribution in [2.24, 2.45) is 0 Å². The molecule has 1 atom stereocenters. The Kier molecular flexibility index (Phi) is 5.44. The van der Waals surface area contributed by atoms with Crippen LogP contribution in [0.5, 0.6) is 5.75 Å². The zero-order valence-corrected chi connectivity index (χ0v) is 11.5. The van der Waals surface area contributed by atoms with Gasteiger partial charge in [-0.2, -0.15) is 0 Å². The first kappa shape index (κ1) is 14.0. The molecule has 0 bridgehead atoms. The molecule has 1 aromatic carbocycles. The number of phenolic OH excluding ortho intramolecular Hbond substituents is 1. The third-order valence-corrected chi connectivity index (χ3v) is 3.01.